The van der Waals surface area contributed by atoms with Gasteiger partial charge in [0.05, 0.1) is 28.1 Å². The molecule has 0 bridgehead atoms. The van der Waals surface area contributed by atoms with Crippen LogP contribution >= 0.6 is 11.3 Å². The lowest BCUT2D eigenvalue weighted by atomic mass is 10.1. The maximum atomic E-state index is 12.5. The molecule has 1 aromatic heterocycles. The molecule has 28 heavy (non-hydrogen) atoms. The van der Waals surface area contributed by atoms with Crippen LogP contribution in [0.25, 0.3) is 10.2 Å². The summed E-state index contributed by atoms with van der Waals surface area (Å²) in [5, 5.41) is 0. The molecular weight excluding hydrogens is 396 g/mol. The molecule has 1 amide bonds. The second-order valence-electron chi connectivity index (χ2n) is 6.30. The number of carbonyl (C=O) groups excluding carboxylic acids is 1. The predicted molar refractivity (Wildman–Crippen MR) is 110 cm³/mol. The van der Waals surface area contributed by atoms with Gasteiger partial charge in [-0.25, -0.2) is 8.42 Å². The Hall–Kier alpha value is -2.29. The molecule has 6 nitrogen and oxygen atoms in total. The van der Waals surface area contributed by atoms with Crippen molar-refractivity contribution in [2.75, 3.05) is 19.5 Å². The van der Waals surface area contributed by atoms with E-state index in [1.54, 1.807) is 12.1 Å². The van der Waals surface area contributed by atoms with E-state index in [1.807, 2.05) is 35.8 Å². The van der Waals surface area contributed by atoms with Crippen molar-refractivity contribution in [1.82, 2.24) is 4.57 Å². The molecule has 0 radical (unpaired) electrons. The smallest absolute Gasteiger partial charge is 0.252 e. The van der Waals surface area contributed by atoms with Gasteiger partial charge in [0.25, 0.3) is 5.91 Å². The average Bonchev–Trinajstić information content (AvgIpc) is 2.99. The first-order chi connectivity index (χ1) is 13.4. The van der Waals surface area contributed by atoms with Crippen molar-refractivity contribution in [2.24, 2.45) is 4.99 Å². The van der Waals surface area contributed by atoms with Crippen molar-refractivity contribution >= 4 is 37.3 Å². The Bertz CT molecular complexity index is 1140. The number of hydrogen-bond donors (Lipinski definition) is 0. The zero-order valence-corrected chi connectivity index (χ0v) is 17.4. The molecule has 0 aliphatic rings. The van der Waals surface area contributed by atoms with Crippen LogP contribution < -0.4 is 4.80 Å². The number of thiazole rings is 1. The number of para-hydroxylation sites is 1. The van der Waals surface area contributed by atoms with Crippen molar-refractivity contribution in [2.45, 2.75) is 24.8 Å². The summed E-state index contributed by atoms with van der Waals surface area (Å²) >= 11 is 1.47. The van der Waals surface area contributed by atoms with E-state index in [9.17, 15) is 13.2 Å². The highest BCUT2D eigenvalue weighted by Crippen LogP contribution is 2.17. The minimum atomic E-state index is -3.25. The topological polar surface area (TPSA) is 77.7 Å². The summed E-state index contributed by atoms with van der Waals surface area (Å²) in [6, 6.07) is 14.3. The van der Waals surface area contributed by atoms with E-state index >= 15 is 0 Å². The molecule has 0 fully saturated rings. The minimum Gasteiger partial charge on any atom is -0.380 e. The summed E-state index contributed by atoms with van der Waals surface area (Å²) in [7, 11) is -3.25. The van der Waals surface area contributed by atoms with E-state index in [4.69, 9.17) is 4.74 Å². The van der Waals surface area contributed by atoms with Crippen LogP contribution in [0.3, 0.4) is 0 Å². The van der Waals surface area contributed by atoms with Crippen LogP contribution in [0.2, 0.25) is 0 Å². The maximum absolute atomic E-state index is 12.5. The quantitative estimate of drug-likeness (QED) is 0.553. The Morgan fingerprint density at radius 1 is 1.14 bits per heavy atom. The number of hydrogen-bond acceptors (Lipinski definition) is 5. The summed E-state index contributed by atoms with van der Waals surface area (Å²) in [5.74, 6) is -0.274. The SMILES string of the molecule is CCOCCn1c(=NC(=O)Cc2ccc(S(C)(=O)=O)cc2)sc2ccccc21. The van der Waals surface area contributed by atoms with Gasteiger partial charge in [0.1, 0.15) is 0 Å². The lowest BCUT2D eigenvalue weighted by molar-refractivity contribution is -0.117. The molecular formula is C20H22N2O4S2. The highest BCUT2D eigenvalue weighted by atomic mass is 32.2. The Kier molecular flexibility index (Phi) is 6.43. The third-order valence-electron chi connectivity index (χ3n) is 4.18. The number of amides is 1. The summed E-state index contributed by atoms with van der Waals surface area (Å²) < 4.78 is 31.6. The molecule has 1 heterocycles. The normalized spacial score (nSPS) is 12.6. The van der Waals surface area contributed by atoms with Gasteiger partial charge in [-0.15, -0.1) is 0 Å². The molecule has 3 rings (SSSR count). The second-order valence-corrected chi connectivity index (χ2v) is 9.32. The molecule has 0 spiro atoms. The Labute approximate surface area is 168 Å². The van der Waals surface area contributed by atoms with Gasteiger partial charge in [-0.05, 0) is 36.8 Å². The molecule has 148 valence electrons. The molecule has 0 N–H and O–H groups in total. The van der Waals surface area contributed by atoms with E-state index in [0.717, 1.165) is 22.0 Å². The first-order valence-electron chi connectivity index (χ1n) is 8.91. The molecule has 0 saturated carbocycles. The molecule has 8 heteroatoms. The number of sulfone groups is 1. The van der Waals surface area contributed by atoms with Crippen LogP contribution in [0.5, 0.6) is 0 Å². The van der Waals surface area contributed by atoms with Crippen LogP contribution in [0.1, 0.15) is 12.5 Å². The molecule has 3 aromatic rings. The van der Waals surface area contributed by atoms with Crippen molar-refractivity contribution in [3.63, 3.8) is 0 Å². The van der Waals surface area contributed by atoms with Crippen LogP contribution in [-0.2, 0) is 32.3 Å². The van der Waals surface area contributed by atoms with E-state index < -0.39 is 9.84 Å². The van der Waals surface area contributed by atoms with Gasteiger partial charge >= 0.3 is 0 Å². The van der Waals surface area contributed by atoms with E-state index in [2.05, 4.69) is 4.99 Å². The zero-order valence-electron chi connectivity index (χ0n) is 15.8. The third-order valence-corrected chi connectivity index (χ3v) is 6.37. The van der Waals surface area contributed by atoms with Crippen molar-refractivity contribution in [3.8, 4) is 0 Å². The Balaban J connectivity index is 1.86. The van der Waals surface area contributed by atoms with Crippen LogP contribution in [0.4, 0.5) is 0 Å². The summed E-state index contributed by atoms with van der Waals surface area (Å²) in [6.07, 6.45) is 1.27. The third kappa shape index (κ3) is 4.95. The molecule has 0 atom stereocenters. The predicted octanol–water partition coefficient (Wildman–Crippen LogP) is 2.81. The largest absolute Gasteiger partial charge is 0.380 e. The number of fused-ring (bicyclic) bond motifs is 1. The summed E-state index contributed by atoms with van der Waals surface area (Å²) in [6.45, 7) is 3.75. The van der Waals surface area contributed by atoms with E-state index in [-0.39, 0.29) is 17.2 Å². The van der Waals surface area contributed by atoms with Gasteiger partial charge in [0.2, 0.25) is 0 Å². The standard InChI is InChI=1S/C20H22N2O4S2/c1-3-26-13-12-22-17-6-4-5-7-18(17)27-20(22)21-19(23)14-15-8-10-16(11-9-15)28(2,24)25/h4-11H,3,12-14H2,1-2H3. The first-order valence-corrected chi connectivity index (χ1v) is 11.6. The first kappa shape index (κ1) is 20.4. The van der Waals surface area contributed by atoms with Gasteiger partial charge in [-0.2, -0.15) is 4.99 Å². The maximum Gasteiger partial charge on any atom is 0.252 e. The van der Waals surface area contributed by atoms with Gasteiger partial charge in [0, 0.05) is 19.4 Å². The molecule has 0 aliphatic carbocycles. The number of aromatic nitrogens is 1. The van der Waals surface area contributed by atoms with Crippen LogP contribution in [0, 0.1) is 0 Å². The Morgan fingerprint density at radius 3 is 2.54 bits per heavy atom. The van der Waals surface area contributed by atoms with Gasteiger partial charge in [-0.3, -0.25) is 4.79 Å². The second kappa shape index (κ2) is 8.81. The molecule has 0 saturated heterocycles. The number of benzene rings is 2. The van der Waals surface area contributed by atoms with Crippen molar-refractivity contribution in [1.29, 1.82) is 0 Å². The fourth-order valence-corrected chi connectivity index (χ4v) is 4.50. The minimum absolute atomic E-state index is 0.115. The number of nitrogens with zero attached hydrogens (tertiary/aromatic N) is 2. The summed E-state index contributed by atoms with van der Waals surface area (Å²) in [5.41, 5.74) is 1.75. The lowest BCUT2D eigenvalue weighted by Crippen LogP contribution is -2.20. The number of ether oxygens (including phenoxy) is 1. The Morgan fingerprint density at radius 2 is 1.86 bits per heavy atom. The fraction of sp³-hybridized carbons (Fsp3) is 0.300. The van der Waals surface area contributed by atoms with Crippen molar-refractivity contribution in [3.05, 3.63) is 58.9 Å². The van der Waals surface area contributed by atoms with Gasteiger partial charge < -0.3 is 9.30 Å². The molecule has 2 aromatic carbocycles. The highest BCUT2D eigenvalue weighted by Gasteiger charge is 2.10. The number of carbonyl (C=O) groups is 1. The molecule has 0 unspecified atom stereocenters. The monoisotopic (exact) mass is 418 g/mol. The number of rotatable bonds is 7. The van der Waals surface area contributed by atoms with Crippen LogP contribution in [-0.4, -0.2) is 38.4 Å². The lowest BCUT2D eigenvalue weighted by Gasteiger charge is -2.05. The molecule has 0 aliphatic heterocycles. The summed E-state index contributed by atoms with van der Waals surface area (Å²) in [4.78, 5) is 17.7. The zero-order chi connectivity index (χ0) is 20.1. The average molecular weight is 419 g/mol. The van der Waals surface area contributed by atoms with E-state index in [0.29, 0.717) is 24.6 Å². The van der Waals surface area contributed by atoms with Gasteiger partial charge in [0.15, 0.2) is 14.6 Å². The van der Waals surface area contributed by atoms with E-state index in [1.165, 1.54) is 23.5 Å². The van der Waals surface area contributed by atoms with Crippen LogP contribution in [0.15, 0.2) is 58.4 Å². The fourth-order valence-electron chi connectivity index (χ4n) is 2.80. The van der Waals surface area contributed by atoms with Gasteiger partial charge in [-0.1, -0.05) is 35.6 Å². The van der Waals surface area contributed by atoms with Crippen molar-refractivity contribution < 1.29 is 17.9 Å². The highest BCUT2D eigenvalue weighted by molar-refractivity contribution is 7.90.